The minimum atomic E-state index is -0.570. The molecule has 1 rings (SSSR count). The van der Waals surface area contributed by atoms with E-state index in [4.69, 9.17) is 9.47 Å². The standard InChI is InChI=1S/C11H19N3O3S/c1-2-3-5-16-6-4-12-7-10(15)9-17-11-8-13-18-14-11/h2,8,10,12,15H,1,3-7,9H2. The first-order chi connectivity index (χ1) is 8.83. The van der Waals surface area contributed by atoms with E-state index < -0.39 is 6.10 Å². The second-order valence-corrected chi connectivity index (χ2v) is 4.16. The van der Waals surface area contributed by atoms with Crippen molar-refractivity contribution in [1.29, 1.82) is 0 Å². The van der Waals surface area contributed by atoms with Gasteiger partial charge in [0.25, 0.3) is 0 Å². The highest BCUT2D eigenvalue weighted by molar-refractivity contribution is 6.99. The predicted molar refractivity (Wildman–Crippen MR) is 69.9 cm³/mol. The first kappa shape index (κ1) is 15.0. The van der Waals surface area contributed by atoms with Crippen LogP contribution in [0, 0.1) is 0 Å². The molecule has 1 atom stereocenters. The van der Waals surface area contributed by atoms with E-state index in [1.807, 2.05) is 6.08 Å². The zero-order valence-corrected chi connectivity index (χ0v) is 11.1. The third kappa shape index (κ3) is 7.33. The van der Waals surface area contributed by atoms with E-state index in [1.54, 1.807) is 0 Å². The molecule has 6 nitrogen and oxygen atoms in total. The molecule has 2 N–H and O–H groups in total. The van der Waals surface area contributed by atoms with E-state index in [0.717, 1.165) is 18.1 Å². The van der Waals surface area contributed by atoms with Crippen molar-refractivity contribution in [2.24, 2.45) is 0 Å². The van der Waals surface area contributed by atoms with Crippen molar-refractivity contribution in [3.63, 3.8) is 0 Å². The van der Waals surface area contributed by atoms with Crippen LogP contribution in [0.3, 0.4) is 0 Å². The number of aliphatic hydroxyl groups is 1. The highest BCUT2D eigenvalue weighted by Crippen LogP contribution is 2.04. The molecule has 0 amide bonds. The molecule has 0 saturated carbocycles. The summed E-state index contributed by atoms with van der Waals surface area (Å²) in [6, 6.07) is 0. The fourth-order valence-corrected chi connectivity index (χ4v) is 1.51. The summed E-state index contributed by atoms with van der Waals surface area (Å²) in [5.41, 5.74) is 0. The number of ether oxygens (including phenoxy) is 2. The molecule has 0 spiro atoms. The topological polar surface area (TPSA) is 76.5 Å². The lowest BCUT2D eigenvalue weighted by Crippen LogP contribution is -2.33. The number of nitrogens with zero attached hydrogens (tertiary/aromatic N) is 2. The highest BCUT2D eigenvalue weighted by Gasteiger charge is 2.05. The van der Waals surface area contributed by atoms with Crippen LogP contribution in [0.25, 0.3) is 0 Å². The smallest absolute Gasteiger partial charge is 0.245 e. The van der Waals surface area contributed by atoms with Crippen LogP contribution in [0.15, 0.2) is 18.9 Å². The quantitative estimate of drug-likeness (QED) is 0.450. The van der Waals surface area contributed by atoms with Gasteiger partial charge in [-0.05, 0) is 6.42 Å². The van der Waals surface area contributed by atoms with Gasteiger partial charge in [-0.25, -0.2) is 0 Å². The minimum Gasteiger partial charge on any atom is -0.473 e. The lowest BCUT2D eigenvalue weighted by Gasteiger charge is -2.11. The highest BCUT2D eigenvalue weighted by atomic mass is 32.1. The van der Waals surface area contributed by atoms with Crippen LogP contribution in [0.4, 0.5) is 0 Å². The Morgan fingerprint density at radius 3 is 3.17 bits per heavy atom. The predicted octanol–water partition coefficient (Wildman–Crippen LogP) is 0.460. The molecular formula is C11H19N3O3S. The summed E-state index contributed by atoms with van der Waals surface area (Å²) in [4.78, 5) is 0. The van der Waals surface area contributed by atoms with Crippen LogP contribution in [0.1, 0.15) is 6.42 Å². The first-order valence-electron chi connectivity index (χ1n) is 5.80. The Hall–Kier alpha value is -1.02. The molecule has 102 valence electrons. The number of hydrogen-bond donors (Lipinski definition) is 2. The maximum absolute atomic E-state index is 9.60. The molecule has 1 aromatic rings. The fraction of sp³-hybridized carbons (Fsp3) is 0.636. The molecule has 1 heterocycles. The first-order valence-corrected chi connectivity index (χ1v) is 6.53. The Bertz CT molecular complexity index is 308. The van der Waals surface area contributed by atoms with E-state index in [2.05, 4.69) is 20.6 Å². The van der Waals surface area contributed by atoms with Gasteiger partial charge in [-0.1, -0.05) is 6.08 Å². The third-order valence-electron chi connectivity index (χ3n) is 2.03. The summed E-state index contributed by atoms with van der Waals surface area (Å²) >= 11 is 1.08. The summed E-state index contributed by atoms with van der Waals surface area (Å²) in [5.74, 6) is 0.451. The fourth-order valence-electron chi connectivity index (χ4n) is 1.14. The minimum absolute atomic E-state index is 0.204. The van der Waals surface area contributed by atoms with Gasteiger partial charge in [-0.15, -0.1) is 11.0 Å². The van der Waals surface area contributed by atoms with Crippen LogP contribution >= 0.6 is 11.7 Å². The Kier molecular flexibility index (Phi) is 8.32. The summed E-state index contributed by atoms with van der Waals surface area (Å²) in [6.45, 7) is 6.28. The normalized spacial score (nSPS) is 12.3. The van der Waals surface area contributed by atoms with Crippen molar-refractivity contribution in [3.8, 4) is 5.88 Å². The molecule has 7 heteroatoms. The van der Waals surface area contributed by atoms with E-state index >= 15 is 0 Å². The van der Waals surface area contributed by atoms with Crippen molar-refractivity contribution in [2.45, 2.75) is 12.5 Å². The zero-order valence-electron chi connectivity index (χ0n) is 10.2. The Labute approximate surface area is 111 Å². The van der Waals surface area contributed by atoms with E-state index in [9.17, 15) is 5.11 Å². The van der Waals surface area contributed by atoms with E-state index in [0.29, 0.717) is 32.2 Å². The second-order valence-electron chi connectivity index (χ2n) is 3.60. The SMILES string of the molecule is C=CCCOCCNCC(O)COc1cnsn1. The van der Waals surface area contributed by atoms with Crippen molar-refractivity contribution >= 4 is 11.7 Å². The van der Waals surface area contributed by atoms with Crippen LogP contribution in [-0.2, 0) is 4.74 Å². The van der Waals surface area contributed by atoms with Crippen LogP contribution < -0.4 is 10.1 Å². The molecule has 0 bridgehead atoms. The average Bonchev–Trinajstić information content (AvgIpc) is 2.88. The summed E-state index contributed by atoms with van der Waals surface area (Å²) in [7, 11) is 0. The molecule has 1 unspecified atom stereocenters. The maximum atomic E-state index is 9.60. The van der Waals surface area contributed by atoms with Crippen LogP contribution in [0.5, 0.6) is 5.88 Å². The molecule has 18 heavy (non-hydrogen) atoms. The average molecular weight is 273 g/mol. The van der Waals surface area contributed by atoms with Crippen LogP contribution in [0.2, 0.25) is 0 Å². The second kappa shape index (κ2) is 9.95. The van der Waals surface area contributed by atoms with Crippen molar-refractivity contribution < 1.29 is 14.6 Å². The molecule has 1 aromatic heterocycles. The molecule has 0 saturated heterocycles. The van der Waals surface area contributed by atoms with Crippen LogP contribution in [-0.4, -0.2) is 52.9 Å². The number of aliphatic hydroxyl groups excluding tert-OH is 1. The number of nitrogens with one attached hydrogen (secondary N) is 1. The van der Waals surface area contributed by atoms with Gasteiger partial charge < -0.3 is 19.9 Å². The van der Waals surface area contributed by atoms with Gasteiger partial charge >= 0.3 is 0 Å². The molecule has 0 aliphatic heterocycles. The van der Waals surface area contributed by atoms with Gasteiger partial charge in [0.15, 0.2) is 0 Å². The van der Waals surface area contributed by atoms with Gasteiger partial charge in [-0.3, -0.25) is 0 Å². The maximum Gasteiger partial charge on any atom is 0.245 e. The summed E-state index contributed by atoms with van der Waals surface area (Å²) in [6.07, 6.45) is 3.64. The van der Waals surface area contributed by atoms with Gasteiger partial charge in [0, 0.05) is 13.1 Å². The third-order valence-corrected chi connectivity index (χ3v) is 2.50. The largest absolute Gasteiger partial charge is 0.473 e. The van der Waals surface area contributed by atoms with Gasteiger partial charge in [0.2, 0.25) is 5.88 Å². The Morgan fingerprint density at radius 2 is 2.44 bits per heavy atom. The van der Waals surface area contributed by atoms with Crippen molar-refractivity contribution in [1.82, 2.24) is 14.1 Å². The molecular weight excluding hydrogens is 254 g/mol. The van der Waals surface area contributed by atoms with Gasteiger partial charge in [-0.2, -0.15) is 4.37 Å². The van der Waals surface area contributed by atoms with E-state index in [1.165, 1.54) is 6.20 Å². The summed E-state index contributed by atoms with van der Waals surface area (Å²) < 4.78 is 18.2. The molecule has 0 fully saturated rings. The Morgan fingerprint density at radius 1 is 1.56 bits per heavy atom. The number of hydrogen-bond acceptors (Lipinski definition) is 7. The van der Waals surface area contributed by atoms with E-state index in [-0.39, 0.29) is 6.61 Å². The molecule has 0 aliphatic rings. The van der Waals surface area contributed by atoms with Crippen molar-refractivity contribution in [2.75, 3.05) is 32.9 Å². The zero-order chi connectivity index (χ0) is 13.1. The van der Waals surface area contributed by atoms with Gasteiger partial charge in [0.1, 0.15) is 18.9 Å². The number of rotatable bonds is 11. The lowest BCUT2D eigenvalue weighted by molar-refractivity contribution is 0.0977. The Balaban J connectivity index is 1.90. The molecule has 0 aliphatic carbocycles. The monoisotopic (exact) mass is 273 g/mol. The molecule has 0 radical (unpaired) electrons. The number of aromatic nitrogens is 2. The van der Waals surface area contributed by atoms with Crippen molar-refractivity contribution in [3.05, 3.63) is 18.9 Å². The summed E-state index contributed by atoms with van der Waals surface area (Å²) in [5, 5.41) is 12.7. The van der Waals surface area contributed by atoms with Gasteiger partial charge in [0.05, 0.1) is 24.9 Å². The lowest BCUT2D eigenvalue weighted by atomic mass is 10.4. The molecule has 0 aromatic carbocycles.